The van der Waals surface area contributed by atoms with Gasteiger partial charge in [0.25, 0.3) is 0 Å². The van der Waals surface area contributed by atoms with E-state index >= 15 is 0 Å². The van der Waals surface area contributed by atoms with E-state index in [-0.39, 0.29) is 0 Å². The van der Waals surface area contributed by atoms with Crippen molar-refractivity contribution in [3.8, 4) is 0 Å². The molecule has 0 atom stereocenters. The summed E-state index contributed by atoms with van der Waals surface area (Å²) in [5.41, 5.74) is 9.96. The molecule has 1 aromatic heterocycles. The Kier molecular flexibility index (Phi) is 3.97. The van der Waals surface area contributed by atoms with Crippen LogP contribution < -0.4 is 10.6 Å². The summed E-state index contributed by atoms with van der Waals surface area (Å²) < 4.78 is 0. The first-order valence-electron chi connectivity index (χ1n) is 8.15. The van der Waals surface area contributed by atoms with Gasteiger partial charge in [-0.05, 0) is 55.6 Å². The first kappa shape index (κ1) is 13.9. The molecule has 1 aliphatic heterocycles. The van der Waals surface area contributed by atoms with Crippen LogP contribution >= 0.6 is 0 Å². The maximum atomic E-state index is 5.96. The molecule has 20 heavy (non-hydrogen) atoms. The molecule has 1 saturated heterocycles. The fourth-order valence-corrected chi connectivity index (χ4v) is 3.71. The van der Waals surface area contributed by atoms with Crippen LogP contribution in [0, 0.1) is 11.8 Å². The third kappa shape index (κ3) is 2.56. The number of hydrogen-bond donors (Lipinski definition) is 1. The largest absolute Gasteiger partial charge is 0.356 e. The van der Waals surface area contributed by atoms with Crippen molar-refractivity contribution in [2.24, 2.45) is 17.6 Å². The second kappa shape index (κ2) is 5.72. The normalized spacial score (nSPS) is 19.7. The molecular weight excluding hydrogens is 246 g/mol. The molecule has 3 nitrogen and oxygen atoms in total. The summed E-state index contributed by atoms with van der Waals surface area (Å²) >= 11 is 0. The molecule has 0 amide bonds. The van der Waals surface area contributed by atoms with E-state index in [1.807, 2.05) is 0 Å². The van der Waals surface area contributed by atoms with Crippen LogP contribution in [-0.4, -0.2) is 18.1 Å². The zero-order valence-electron chi connectivity index (χ0n) is 12.9. The first-order chi connectivity index (χ1) is 9.69. The van der Waals surface area contributed by atoms with Crippen LogP contribution in [0.4, 0.5) is 5.82 Å². The fourth-order valence-electron chi connectivity index (χ4n) is 3.71. The van der Waals surface area contributed by atoms with Crippen LogP contribution in [0.3, 0.4) is 0 Å². The van der Waals surface area contributed by atoms with E-state index in [4.69, 9.17) is 10.7 Å². The van der Waals surface area contributed by atoms with E-state index in [0.717, 1.165) is 31.3 Å². The highest BCUT2D eigenvalue weighted by atomic mass is 15.2. The predicted molar refractivity (Wildman–Crippen MR) is 83.9 cm³/mol. The van der Waals surface area contributed by atoms with Gasteiger partial charge in [-0.1, -0.05) is 13.8 Å². The van der Waals surface area contributed by atoms with Crippen molar-refractivity contribution >= 4 is 5.82 Å². The van der Waals surface area contributed by atoms with Gasteiger partial charge in [0.05, 0.1) is 0 Å². The molecule has 3 heteroatoms. The van der Waals surface area contributed by atoms with Gasteiger partial charge in [-0.15, -0.1) is 0 Å². The predicted octanol–water partition coefficient (Wildman–Crippen LogP) is 2.90. The van der Waals surface area contributed by atoms with E-state index in [1.54, 1.807) is 0 Å². The van der Waals surface area contributed by atoms with E-state index in [0.29, 0.717) is 6.54 Å². The Labute approximate surface area is 122 Å². The van der Waals surface area contributed by atoms with Crippen molar-refractivity contribution in [3.63, 3.8) is 0 Å². The summed E-state index contributed by atoms with van der Waals surface area (Å²) in [7, 11) is 0. The number of nitrogens with two attached hydrogens (primary N) is 1. The quantitative estimate of drug-likeness (QED) is 0.920. The van der Waals surface area contributed by atoms with Gasteiger partial charge in [0.1, 0.15) is 5.82 Å². The molecule has 1 aliphatic carbocycles. The van der Waals surface area contributed by atoms with Crippen molar-refractivity contribution in [2.45, 2.75) is 52.5 Å². The van der Waals surface area contributed by atoms with Gasteiger partial charge in [-0.25, -0.2) is 4.98 Å². The zero-order chi connectivity index (χ0) is 14.1. The number of fused-ring (bicyclic) bond motifs is 1. The number of anilines is 1. The van der Waals surface area contributed by atoms with Crippen molar-refractivity contribution < 1.29 is 0 Å². The van der Waals surface area contributed by atoms with E-state index in [2.05, 4.69) is 24.8 Å². The SMILES string of the molecule is CC(C)C1CCN(c2nc3c(cc2CN)CCC3)CC1. The lowest BCUT2D eigenvalue weighted by atomic mass is 9.86. The van der Waals surface area contributed by atoms with E-state index in [9.17, 15) is 0 Å². The Morgan fingerprint density at radius 2 is 2.05 bits per heavy atom. The summed E-state index contributed by atoms with van der Waals surface area (Å²) in [6, 6.07) is 2.32. The lowest BCUT2D eigenvalue weighted by molar-refractivity contribution is 0.310. The molecule has 3 rings (SSSR count). The summed E-state index contributed by atoms with van der Waals surface area (Å²) in [5.74, 6) is 2.86. The van der Waals surface area contributed by atoms with Gasteiger partial charge < -0.3 is 10.6 Å². The van der Waals surface area contributed by atoms with Crippen LogP contribution in [0.1, 0.15) is 49.9 Å². The minimum atomic E-state index is 0.611. The van der Waals surface area contributed by atoms with Gasteiger partial charge in [0.15, 0.2) is 0 Å². The number of nitrogens with zero attached hydrogens (tertiary/aromatic N) is 2. The fraction of sp³-hybridized carbons (Fsp3) is 0.706. The molecule has 1 aromatic rings. The van der Waals surface area contributed by atoms with Crippen molar-refractivity contribution in [3.05, 3.63) is 22.9 Å². The molecule has 2 heterocycles. The lowest BCUT2D eigenvalue weighted by Crippen LogP contribution is -2.36. The first-order valence-corrected chi connectivity index (χ1v) is 8.15. The van der Waals surface area contributed by atoms with Crippen molar-refractivity contribution in [1.29, 1.82) is 0 Å². The Balaban J connectivity index is 1.80. The molecule has 0 bridgehead atoms. The molecule has 0 spiro atoms. The number of hydrogen-bond acceptors (Lipinski definition) is 3. The summed E-state index contributed by atoms with van der Waals surface area (Å²) in [4.78, 5) is 7.44. The Morgan fingerprint density at radius 1 is 1.30 bits per heavy atom. The van der Waals surface area contributed by atoms with Gasteiger partial charge in [0.2, 0.25) is 0 Å². The van der Waals surface area contributed by atoms with Gasteiger partial charge >= 0.3 is 0 Å². The average Bonchev–Trinajstić information content (AvgIpc) is 2.93. The third-order valence-corrected chi connectivity index (χ3v) is 5.11. The number of rotatable bonds is 3. The summed E-state index contributed by atoms with van der Waals surface area (Å²) in [5, 5.41) is 0. The smallest absolute Gasteiger partial charge is 0.133 e. The van der Waals surface area contributed by atoms with Gasteiger partial charge in [-0.3, -0.25) is 0 Å². The number of aryl methyl sites for hydroxylation is 2. The maximum Gasteiger partial charge on any atom is 0.133 e. The third-order valence-electron chi connectivity index (χ3n) is 5.11. The molecule has 110 valence electrons. The molecule has 1 fully saturated rings. The van der Waals surface area contributed by atoms with Crippen LogP contribution in [0.5, 0.6) is 0 Å². The second-order valence-electron chi connectivity index (χ2n) is 6.70. The number of aromatic nitrogens is 1. The van der Waals surface area contributed by atoms with Crippen LogP contribution in [0.15, 0.2) is 6.07 Å². The topological polar surface area (TPSA) is 42.2 Å². The highest BCUT2D eigenvalue weighted by Gasteiger charge is 2.25. The molecule has 2 N–H and O–H groups in total. The number of piperidine rings is 1. The average molecular weight is 273 g/mol. The van der Waals surface area contributed by atoms with Crippen molar-refractivity contribution in [2.75, 3.05) is 18.0 Å². The summed E-state index contributed by atoms with van der Waals surface area (Å²) in [6.07, 6.45) is 6.17. The minimum Gasteiger partial charge on any atom is -0.356 e. The second-order valence-corrected chi connectivity index (χ2v) is 6.70. The molecule has 0 saturated carbocycles. The molecular formula is C17H27N3. The lowest BCUT2D eigenvalue weighted by Gasteiger charge is -2.35. The highest BCUT2D eigenvalue weighted by Crippen LogP contribution is 2.31. The standard InChI is InChI=1S/C17H27N3/c1-12(2)13-6-8-20(9-7-13)17-15(11-18)10-14-4-3-5-16(14)19-17/h10,12-13H,3-9,11,18H2,1-2H3. The van der Waals surface area contributed by atoms with Crippen LogP contribution in [0.25, 0.3) is 0 Å². The monoisotopic (exact) mass is 273 g/mol. The number of pyridine rings is 1. The Bertz CT molecular complexity index is 473. The van der Waals surface area contributed by atoms with Gasteiger partial charge in [-0.2, -0.15) is 0 Å². The maximum absolute atomic E-state index is 5.96. The minimum absolute atomic E-state index is 0.611. The molecule has 2 aliphatic rings. The van der Waals surface area contributed by atoms with Crippen LogP contribution in [0.2, 0.25) is 0 Å². The summed E-state index contributed by atoms with van der Waals surface area (Å²) in [6.45, 7) is 7.58. The van der Waals surface area contributed by atoms with Crippen molar-refractivity contribution in [1.82, 2.24) is 4.98 Å². The van der Waals surface area contributed by atoms with E-state index in [1.165, 1.54) is 48.3 Å². The van der Waals surface area contributed by atoms with Gasteiger partial charge in [0, 0.05) is 30.9 Å². The van der Waals surface area contributed by atoms with Crippen LogP contribution in [-0.2, 0) is 19.4 Å². The molecule has 0 unspecified atom stereocenters. The zero-order valence-corrected chi connectivity index (χ0v) is 12.9. The molecule has 0 radical (unpaired) electrons. The molecule has 0 aromatic carbocycles. The van der Waals surface area contributed by atoms with E-state index < -0.39 is 0 Å². The highest BCUT2D eigenvalue weighted by molar-refractivity contribution is 5.51. The Morgan fingerprint density at radius 3 is 2.70 bits per heavy atom. The Hall–Kier alpha value is -1.09.